The van der Waals surface area contributed by atoms with Gasteiger partial charge in [0.1, 0.15) is 0 Å². The van der Waals surface area contributed by atoms with Crippen LogP contribution in [0, 0.1) is 6.92 Å². The van der Waals surface area contributed by atoms with E-state index in [1.165, 1.54) is 47.9 Å². The minimum Gasteiger partial charge on any atom is -0.240 e. The summed E-state index contributed by atoms with van der Waals surface area (Å²) in [6, 6.07) is 4.27. The van der Waals surface area contributed by atoms with Crippen LogP contribution in [0.4, 0.5) is 0 Å². The molecule has 0 saturated heterocycles. The van der Waals surface area contributed by atoms with E-state index in [2.05, 4.69) is 30.2 Å². The molecule has 2 heteroatoms. The van der Waals surface area contributed by atoms with Crippen molar-refractivity contribution in [3.63, 3.8) is 0 Å². The van der Waals surface area contributed by atoms with Gasteiger partial charge in [-0.15, -0.1) is 0 Å². The Bertz CT molecular complexity index is 549. The molecule has 82 valence electrons. The molecule has 0 saturated carbocycles. The second kappa shape index (κ2) is 3.78. The number of aromatic nitrogens is 2. The summed E-state index contributed by atoms with van der Waals surface area (Å²) in [5, 5.41) is 4.30. The highest BCUT2D eigenvalue weighted by Gasteiger charge is 2.12. The van der Waals surface area contributed by atoms with Crippen LogP contribution >= 0.6 is 0 Å². The fourth-order valence-electron chi connectivity index (χ4n) is 2.58. The molecule has 0 radical (unpaired) electrons. The van der Waals surface area contributed by atoms with Crippen molar-refractivity contribution in [2.75, 3.05) is 0 Å². The predicted molar refractivity (Wildman–Crippen MR) is 66.4 cm³/mol. The van der Waals surface area contributed by atoms with Gasteiger partial charge in [-0.25, -0.2) is 4.52 Å². The fraction of sp³-hybridized carbons (Fsp3) is 0.357. The van der Waals surface area contributed by atoms with Crippen molar-refractivity contribution >= 4 is 11.1 Å². The van der Waals surface area contributed by atoms with Crippen LogP contribution in [0.1, 0.15) is 36.8 Å². The molecule has 1 aliphatic carbocycles. The number of hydrogen-bond acceptors (Lipinski definition) is 1. The molecule has 2 heterocycles. The zero-order chi connectivity index (χ0) is 11.0. The minimum atomic E-state index is 1.21. The van der Waals surface area contributed by atoms with Crippen LogP contribution in [0.3, 0.4) is 0 Å². The summed E-state index contributed by atoms with van der Waals surface area (Å²) in [6.45, 7) is 2.19. The second-order valence-corrected chi connectivity index (χ2v) is 4.51. The third-order valence-corrected chi connectivity index (χ3v) is 3.40. The van der Waals surface area contributed by atoms with Crippen molar-refractivity contribution in [3.05, 3.63) is 41.7 Å². The smallest absolute Gasteiger partial charge is 0.0739 e. The number of allylic oxidation sites excluding steroid dienone is 2. The number of rotatable bonds is 1. The highest BCUT2D eigenvalue weighted by atomic mass is 15.2. The van der Waals surface area contributed by atoms with Crippen LogP contribution in [-0.4, -0.2) is 9.61 Å². The van der Waals surface area contributed by atoms with Crippen molar-refractivity contribution in [1.82, 2.24) is 9.61 Å². The number of aryl methyl sites for hydroxylation is 1. The lowest BCUT2D eigenvalue weighted by Gasteiger charge is -2.16. The summed E-state index contributed by atoms with van der Waals surface area (Å²) in [7, 11) is 0. The lowest BCUT2D eigenvalue weighted by molar-refractivity contribution is 0.741. The van der Waals surface area contributed by atoms with Gasteiger partial charge in [0.25, 0.3) is 0 Å². The summed E-state index contributed by atoms with van der Waals surface area (Å²) in [5.41, 5.74) is 5.52. The van der Waals surface area contributed by atoms with Crippen molar-refractivity contribution in [2.24, 2.45) is 0 Å². The standard InChI is InChI=1S/C14H16N2/c1-11-8-10-16-13(7-9-15-16)14(11)12-5-3-2-4-6-12/h5,7-10H,2-4,6H2,1H3. The second-order valence-electron chi connectivity index (χ2n) is 4.51. The van der Waals surface area contributed by atoms with Crippen LogP contribution in [0.2, 0.25) is 0 Å². The van der Waals surface area contributed by atoms with Crippen molar-refractivity contribution in [3.8, 4) is 0 Å². The van der Waals surface area contributed by atoms with E-state index in [1.54, 1.807) is 0 Å². The van der Waals surface area contributed by atoms with Crippen LogP contribution in [0.15, 0.2) is 30.6 Å². The largest absolute Gasteiger partial charge is 0.240 e. The summed E-state index contributed by atoms with van der Waals surface area (Å²) in [6.07, 6.45) is 11.4. The molecule has 1 aliphatic rings. The summed E-state index contributed by atoms with van der Waals surface area (Å²) in [4.78, 5) is 0. The van der Waals surface area contributed by atoms with Gasteiger partial charge in [-0.3, -0.25) is 0 Å². The maximum absolute atomic E-state index is 4.30. The highest BCUT2D eigenvalue weighted by Crippen LogP contribution is 2.31. The zero-order valence-electron chi connectivity index (χ0n) is 9.61. The summed E-state index contributed by atoms with van der Waals surface area (Å²) in [5.74, 6) is 0. The molecular formula is C14H16N2. The van der Waals surface area contributed by atoms with Gasteiger partial charge >= 0.3 is 0 Å². The van der Waals surface area contributed by atoms with E-state index in [-0.39, 0.29) is 0 Å². The molecule has 0 atom stereocenters. The molecule has 0 bridgehead atoms. The van der Waals surface area contributed by atoms with E-state index in [0.717, 1.165) is 0 Å². The third kappa shape index (κ3) is 1.45. The average Bonchev–Trinajstić information content (AvgIpc) is 2.78. The van der Waals surface area contributed by atoms with Crippen LogP contribution in [0.5, 0.6) is 0 Å². The Morgan fingerprint density at radius 1 is 1.25 bits per heavy atom. The van der Waals surface area contributed by atoms with Gasteiger partial charge in [0.05, 0.1) is 5.52 Å². The van der Waals surface area contributed by atoms with Crippen molar-refractivity contribution < 1.29 is 0 Å². The molecule has 2 aromatic rings. The third-order valence-electron chi connectivity index (χ3n) is 3.40. The molecule has 0 aromatic carbocycles. The van der Waals surface area contributed by atoms with E-state index in [4.69, 9.17) is 0 Å². The first-order chi connectivity index (χ1) is 7.86. The quantitative estimate of drug-likeness (QED) is 0.706. The number of pyridine rings is 1. The minimum absolute atomic E-state index is 1.21. The Labute approximate surface area is 95.6 Å². The fourth-order valence-corrected chi connectivity index (χ4v) is 2.58. The zero-order valence-corrected chi connectivity index (χ0v) is 9.61. The van der Waals surface area contributed by atoms with E-state index < -0.39 is 0 Å². The predicted octanol–water partition coefficient (Wildman–Crippen LogP) is 3.60. The topological polar surface area (TPSA) is 17.3 Å². The normalized spacial score (nSPS) is 16.4. The average molecular weight is 212 g/mol. The van der Waals surface area contributed by atoms with Gasteiger partial charge in [-0.2, -0.15) is 5.10 Å². The molecule has 0 N–H and O–H groups in total. The van der Waals surface area contributed by atoms with Crippen LogP contribution < -0.4 is 0 Å². The lowest BCUT2D eigenvalue weighted by Crippen LogP contribution is -1.98. The molecule has 0 amide bonds. The maximum atomic E-state index is 4.30. The molecule has 0 unspecified atom stereocenters. The Balaban J connectivity index is 2.24. The molecule has 0 spiro atoms. The molecule has 0 aliphatic heterocycles. The molecule has 0 fully saturated rings. The Hall–Kier alpha value is -1.57. The number of hydrogen-bond donors (Lipinski definition) is 0. The van der Waals surface area contributed by atoms with Gasteiger partial charge in [0, 0.05) is 18.0 Å². The molecule has 3 rings (SSSR count). The van der Waals surface area contributed by atoms with Gasteiger partial charge < -0.3 is 0 Å². The SMILES string of the molecule is Cc1ccn2nccc2c1C1=CCCCC1. The van der Waals surface area contributed by atoms with Crippen LogP contribution in [0.25, 0.3) is 11.1 Å². The monoisotopic (exact) mass is 212 g/mol. The first kappa shape index (κ1) is 9.64. The van der Waals surface area contributed by atoms with Crippen molar-refractivity contribution in [2.45, 2.75) is 32.6 Å². The highest BCUT2D eigenvalue weighted by molar-refractivity contribution is 5.80. The number of nitrogens with zero attached hydrogens (tertiary/aromatic N) is 2. The lowest BCUT2D eigenvalue weighted by atomic mass is 9.91. The van der Waals surface area contributed by atoms with Crippen molar-refractivity contribution in [1.29, 1.82) is 0 Å². The van der Waals surface area contributed by atoms with Gasteiger partial charge in [-0.1, -0.05) is 6.08 Å². The van der Waals surface area contributed by atoms with E-state index in [0.29, 0.717) is 0 Å². The first-order valence-electron chi connectivity index (χ1n) is 5.98. The van der Waals surface area contributed by atoms with E-state index in [1.807, 2.05) is 16.9 Å². The van der Waals surface area contributed by atoms with Gasteiger partial charge in [0.2, 0.25) is 0 Å². The summed E-state index contributed by atoms with van der Waals surface area (Å²) < 4.78 is 1.97. The van der Waals surface area contributed by atoms with Gasteiger partial charge in [-0.05, 0) is 55.9 Å². The van der Waals surface area contributed by atoms with Crippen LogP contribution in [-0.2, 0) is 0 Å². The molecular weight excluding hydrogens is 196 g/mol. The molecule has 2 aromatic heterocycles. The Morgan fingerprint density at radius 2 is 2.19 bits per heavy atom. The maximum Gasteiger partial charge on any atom is 0.0739 e. The van der Waals surface area contributed by atoms with Gasteiger partial charge in [0.15, 0.2) is 0 Å². The first-order valence-corrected chi connectivity index (χ1v) is 5.98. The molecule has 16 heavy (non-hydrogen) atoms. The Morgan fingerprint density at radius 3 is 3.00 bits per heavy atom. The number of fused-ring (bicyclic) bond motifs is 1. The van der Waals surface area contributed by atoms with E-state index in [9.17, 15) is 0 Å². The van der Waals surface area contributed by atoms with E-state index >= 15 is 0 Å². The summed E-state index contributed by atoms with van der Waals surface area (Å²) >= 11 is 0. The molecule has 2 nitrogen and oxygen atoms in total. The Kier molecular flexibility index (Phi) is 2.28.